The normalized spacial score (nSPS) is 14.2. The molecule has 9 heteroatoms. The Labute approximate surface area is 174 Å². The van der Waals surface area contributed by atoms with Crippen LogP contribution < -0.4 is 5.32 Å². The summed E-state index contributed by atoms with van der Waals surface area (Å²) in [4.78, 5) is 9.17. The summed E-state index contributed by atoms with van der Waals surface area (Å²) in [5.74, 6) is 1.02. The predicted octanol–water partition coefficient (Wildman–Crippen LogP) is 5.22. The number of thiazole rings is 1. The van der Waals surface area contributed by atoms with Gasteiger partial charge in [0.1, 0.15) is 16.0 Å². The van der Waals surface area contributed by atoms with Crippen LogP contribution >= 0.6 is 34.5 Å². The first-order valence-electron chi connectivity index (χ1n) is 8.38. The Hall–Kier alpha value is -1.67. The summed E-state index contributed by atoms with van der Waals surface area (Å²) in [5, 5.41) is 9.26. The van der Waals surface area contributed by atoms with Crippen molar-refractivity contribution in [1.29, 1.82) is 0 Å². The zero-order chi connectivity index (χ0) is 19.3. The monoisotopic (exact) mass is 432 g/mol. The minimum atomic E-state index is -0.627. The third kappa shape index (κ3) is 3.45. The molecule has 5 nitrogen and oxygen atoms in total. The Morgan fingerprint density at radius 2 is 2.00 bits per heavy atom. The fraction of sp³-hybridized carbons (Fsp3) is 0.278. The summed E-state index contributed by atoms with van der Waals surface area (Å²) in [7, 11) is 3.83. The van der Waals surface area contributed by atoms with Crippen molar-refractivity contribution in [2.75, 3.05) is 5.32 Å². The summed E-state index contributed by atoms with van der Waals surface area (Å²) in [6.45, 7) is 6.21. The van der Waals surface area contributed by atoms with E-state index >= 15 is 0 Å². The molecule has 3 radical (unpaired) electrons. The van der Waals surface area contributed by atoms with Crippen LogP contribution in [-0.4, -0.2) is 29.8 Å². The van der Waals surface area contributed by atoms with E-state index in [0.717, 1.165) is 32.3 Å². The van der Waals surface area contributed by atoms with E-state index < -0.39 is 5.16 Å². The van der Waals surface area contributed by atoms with Crippen LogP contribution in [0.5, 0.6) is 0 Å². The summed E-state index contributed by atoms with van der Waals surface area (Å²) < 4.78 is 2.84. The molecule has 0 saturated carbocycles. The molecule has 3 aromatic heterocycles. The number of hydrogen-bond donors (Lipinski definition) is 1. The highest BCUT2D eigenvalue weighted by molar-refractivity contribution is 7.18. The zero-order valence-electron chi connectivity index (χ0n) is 14.9. The third-order valence-electron chi connectivity index (χ3n) is 4.25. The molecule has 1 atom stereocenters. The second kappa shape index (κ2) is 6.74. The molecule has 1 unspecified atom stereocenters. The van der Waals surface area contributed by atoms with E-state index in [9.17, 15) is 0 Å². The Morgan fingerprint density at radius 3 is 2.74 bits per heavy atom. The van der Waals surface area contributed by atoms with Crippen LogP contribution in [0.3, 0.4) is 0 Å². The summed E-state index contributed by atoms with van der Waals surface area (Å²) in [6.07, 6.45) is 1.83. The predicted molar refractivity (Wildman–Crippen MR) is 113 cm³/mol. The van der Waals surface area contributed by atoms with Crippen molar-refractivity contribution in [2.24, 2.45) is 0 Å². The maximum absolute atomic E-state index is 6.28. The first kappa shape index (κ1) is 18.7. The number of nitrogens with one attached hydrogen (secondary N) is 1. The molecular weight excluding hydrogens is 417 g/mol. The number of fused-ring (bicyclic) bond motifs is 2. The Bertz CT molecular complexity index is 1150. The third-order valence-corrected chi connectivity index (χ3v) is 6.47. The number of rotatable bonds is 4. The van der Waals surface area contributed by atoms with Gasteiger partial charge in [-0.05, 0) is 31.0 Å². The summed E-state index contributed by atoms with van der Waals surface area (Å²) in [6, 6.07) is 7.47. The lowest BCUT2D eigenvalue weighted by atomic mass is 10.1. The lowest BCUT2D eigenvalue weighted by molar-refractivity contribution is 0.756. The van der Waals surface area contributed by atoms with Gasteiger partial charge in [-0.1, -0.05) is 37.0 Å². The number of benzene rings is 1. The second-order valence-corrected chi connectivity index (χ2v) is 9.69. The van der Waals surface area contributed by atoms with Gasteiger partial charge in [0.15, 0.2) is 5.65 Å². The van der Waals surface area contributed by atoms with Gasteiger partial charge in [0.05, 0.1) is 31.8 Å². The van der Waals surface area contributed by atoms with Crippen LogP contribution in [0.1, 0.15) is 37.3 Å². The van der Waals surface area contributed by atoms with Gasteiger partial charge in [0.25, 0.3) is 0 Å². The molecule has 0 spiro atoms. The zero-order valence-corrected chi connectivity index (χ0v) is 18.2. The van der Waals surface area contributed by atoms with Crippen molar-refractivity contribution in [2.45, 2.75) is 31.9 Å². The molecule has 0 amide bonds. The first-order chi connectivity index (χ1) is 12.7. The van der Waals surface area contributed by atoms with Crippen LogP contribution in [0, 0.1) is 0 Å². The van der Waals surface area contributed by atoms with Gasteiger partial charge in [-0.2, -0.15) is 9.61 Å². The Balaban J connectivity index is 1.77. The fourth-order valence-corrected chi connectivity index (χ4v) is 4.51. The highest BCUT2D eigenvalue weighted by atomic mass is 35.5. The second-order valence-electron chi connectivity index (χ2n) is 6.84. The van der Waals surface area contributed by atoms with Crippen molar-refractivity contribution >= 4 is 66.5 Å². The molecule has 4 aromatic rings. The smallest absolute Gasteiger partial charge is 0.162 e. The van der Waals surface area contributed by atoms with Crippen molar-refractivity contribution in [3.63, 3.8) is 0 Å². The van der Waals surface area contributed by atoms with Gasteiger partial charge in [0.2, 0.25) is 0 Å². The SMILES string of the molecule is CC(C)c1cnn2c(NC(C)([Si])c3nc4cc(Cl)ccc4s3)cc(Cl)nc12. The van der Waals surface area contributed by atoms with Crippen molar-refractivity contribution < 1.29 is 0 Å². The van der Waals surface area contributed by atoms with E-state index in [0.29, 0.717) is 16.1 Å². The number of anilines is 1. The average molecular weight is 433 g/mol. The molecule has 137 valence electrons. The molecule has 0 fully saturated rings. The molecule has 3 heterocycles. The minimum absolute atomic E-state index is 0.296. The van der Waals surface area contributed by atoms with Gasteiger partial charge in [0, 0.05) is 16.7 Å². The van der Waals surface area contributed by atoms with Crippen LogP contribution in [-0.2, 0) is 5.16 Å². The van der Waals surface area contributed by atoms with E-state index in [1.54, 1.807) is 21.9 Å². The fourth-order valence-electron chi connectivity index (χ4n) is 2.87. The van der Waals surface area contributed by atoms with E-state index in [1.807, 2.05) is 31.3 Å². The summed E-state index contributed by atoms with van der Waals surface area (Å²) in [5.41, 5.74) is 2.66. The molecule has 0 bridgehead atoms. The number of halogens is 2. The Morgan fingerprint density at radius 1 is 1.22 bits per heavy atom. The quantitative estimate of drug-likeness (QED) is 0.354. The van der Waals surface area contributed by atoms with Gasteiger partial charge in [-0.3, -0.25) is 0 Å². The lowest BCUT2D eigenvalue weighted by Crippen LogP contribution is -2.33. The molecule has 0 aliphatic rings. The van der Waals surface area contributed by atoms with E-state index in [4.69, 9.17) is 28.2 Å². The molecule has 0 saturated heterocycles. The van der Waals surface area contributed by atoms with Crippen LogP contribution in [0.25, 0.3) is 15.9 Å². The highest BCUT2D eigenvalue weighted by Gasteiger charge is 2.27. The topological polar surface area (TPSA) is 55.1 Å². The standard InChI is InChI=1S/C18H16Cl2N5SSi/c1-9(2)11-8-21-25-15(7-14(20)23-16(11)25)24-18(3,27)17-22-12-6-10(19)4-5-13(12)26-17/h4-9,24H,1-3H3. The van der Waals surface area contributed by atoms with Gasteiger partial charge in [-0.15, -0.1) is 11.3 Å². The maximum atomic E-state index is 6.28. The van der Waals surface area contributed by atoms with Gasteiger partial charge in [-0.25, -0.2) is 9.97 Å². The molecule has 1 aromatic carbocycles. The van der Waals surface area contributed by atoms with E-state index in [2.05, 4.69) is 39.5 Å². The van der Waals surface area contributed by atoms with Crippen LogP contribution in [0.15, 0.2) is 30.5 Å². The molecule has 4 rings (SSSR count). The number of hydrogen-bond acceptors (Lipinski definition) is 5. The molecule has 0 aliphatic heterocycles. The first-order valence-corrected chi connectivity index (χ1v) is 10.5. The van der Waals surface area contributed by atoms with Gasteiger partial charge < -0.3 is 5.32 Å². The largest absolute Gasteiger partial charge is 0.362 e. The maximum Gasteiger partial charge on any atom is 0.162 e. The van der Waals surface area contributed by atoms with Gasteiger partial charge >= 0.3 is 0 Å². The number of nitrogens with zero attached hydrogens (tertiary/aromatic N) is 4. The molecule has 0 aliphatic carbocycles. The van der Waals surface area contributed by atoms with Crippen LogP contribution in [0.2, 0.25) is 10.2 Å². The van der Waals surface area contributed by atoms with E-state index in [1.165, 1.54) is 0 Å². The molecular formula is C18H16Cl2N5SSi. The van der Waals surface area contributed by atoms with Crippen molar-refractivity contribution in [3.8, 4) is 0 Å². The average Bonchev–Trinajstić information content (AvgIpc) is 3.18. The lowest BCUT2D eigenvalue weighted by Gasteiger charge is -2.25. The van der Waals surface area contributed by atoms with Crippen molar-refractivity contribution in [3.05, 3.63) is 51.2 Å². The van der Waals surface area contributed by atoms with Crippen molar-refractivity contribution in [1.82, 2.24) is 19.6 Å². The number of aromatic nitrogens is 4. The minimum Gasteiger partial charge on any atom is -0.362 e. The summed E-state index contributed by atoms with van der Waals surface area (Å²) >= 11 is 14.0. The van der Waals surface area contributed by atoms with Crippen LogP contribution in [0.4, 0.5) is 5.82 Å². The Kier molecular flexibility index (Phi) is 4.66. The highest BCUT2D eigenvalue weighted by Crippen LogP contribution is 2.33. The molecule has 1 N–H and O–H groups in total. The van der Waals surface area contributed by atoms with E-state index in [-0.39, 0.29) is 0 Å². The molecule has 27 heavy (non-hydrogen) atoms.